The smallest absolute Gasteiger partial charge is 0.328 e. The number of carbonyl (C=O) groups is 2. The third kappa shape index (κ3) is 13.0. The lowest BCUT2D eigenvalue weighted by Crippen LogP contribution is -2.43. The summed E-state index contributed by atoms with van der Waals surface area (Å²) in [6.07, 6.45) is 18.1. The topological polar surface area (TPSA) is 121 Å². The molecule has 1 aliphatic carbocycles. The van der Waals surface area contributed by atoms with Crippen LogP contribution in [0, 0.1) is 5.92 Å². The Bertz CT molecular complexity index is 674. The molecule has 0 aromatic carbocycles. The molecule has 32 heavy (non-hydrogen) atoms. The molecule has 5 N–H and O–H groups in total. The average molecular weight is 468 g/mol. The van der Waals surface area contributed by atoms with E-state index in [1.807, 2.05) is 11.3 Å². The molecular formula is C25H41NO5S. The SMILES string of the molecule is CCC(N)(CO)CCc1ccc(CCCCCC2CCCCC2)s1.O=C(O)C=CC(=O)O. The van der Waals surface area contributed by atoms with E-state index in [2.05, 4.69) is 19.1 Å². The second kappa shape index (κ2) is 16.0. The minimum Gasteiger partial charge on any atom is -0.478 e. The van der Waals surface area contributed by atoms with E-state index in [-0.39, 0.29) is 6.61 Å². The van der Waals surface area contributed by atoms with Crippen LogP contribution in [0.15, 0.2) is 24.3 Å². The van der Waals surface area contributed by atoms with Crippen molar-refractivity contribution < 1.29 is 24.9 Å². The van der Waals surface area contributed by atoms with E-state index in [4.69, 9.17) is 15.9 Å². The van der Waals surface area contributed by atoms with Gasteiger partial charge in [0.25, 0.3) is 0 Å². The summed E-state index contributed by atoms with van der Waals surface area (Å²) in [6.45, 7) is 2.14. The second-order valence-corrected chi connectivity index (χ2v) is 10.1. The van der Waals surface area contributed by atoms with Gasteiger partial charge in [-0.25, -0.2) is 9.59 Å². The van der Waals surface area contributed by atoms with Crippen LogP contribution < -0.4 is 5.73 Å². The van der Waals surface area contributed by atoms with Crippen molar-refractivity contribution in [2.45, 2.75) is 95.9 Å². The van der Waals surface area contributed by atoms with Crippen LogP contribution >= 0.6 is 11.3 Å². The van der Waals surface area contributed by atoms with Crippen molar-refractivity contribution in [3.63, 3.8) is 0 Å². The molecule has 1 fully saturated rings. The number of aliphatic carboxylic acids is 2. The van der Waals surface area contributed by atoms with Crippen LogP contribution in [0.5, 0.6) is 0 Å². The number of thiophene rings is 1. The van der Waals surface area contributed by atoms with Gasteiger partial charge in [-0.15, -0.1) is 11.3 Å². The number of unbranched alkanes of at least 4 members (excludes halogenated alkanes) is 2. The molecule has 182 valence electrons. The Kier molecular flexibility index (Phi) is 14.2. The molecule has 0 radical (unpaired) electrons. The largest absolute Gasteiger partial charge is 0.478 e. The van der Waals surface area contributed by atoms with Crippen molar-refractivity contribution in [1.82, 2.24) is 0 Å². The van der Waals surface area contributed by atoms with Gasteiger partial charge in [-0.3, -0.25) is 0 Å². The zero-order chi connectivity index (χ0) is 23.8. The van der Waals surface area contributed by atoms with Crippen molar-refractivity contribution in [1.29, 1.82) is 0 Å². The summed E-state index contributed by atoms with van der Waals surface area (Å²) in [5, 5.41) is 25.0. The lowest BCUT2D eigenvalue weighted by molar-refractivity contribution is -0.134. The number of nitrogens with two attached hydrogens (primary N) is 1. The van der Waals surface area contributed by atoms with E-state index in [9.17, 15) is 14.7 Å². The van der Waals surface area contributed by atoms with Crippen molar-refractivity contribution in [3.8, 4) is 0 Å². The zero-order valence-electron chi connectivity index (χ0n) is 19.4. The van der Waals surface area contributed by atoms with Gasteiger partial charge in [0.15, 0.2) is 0 Å². The average Bonchev–Trinajstić information content (AvgIpc) is 3.25. The van der Waals surface area contributed by atoms with Crippen LogP contribution in [-0.2, 0) is 22.4 Å². The molecule has 0 spiro atoms. The highest BCUT2D eigenvalue weighted by Crippen LogP contribution is 2.28. The molecule has 1 unspecified atom stereocenters. The number of carboxylic acid groups (broad SMARTS) is 2. The van der Waals surface area contributed by atoms with Gasteiger partial charge < -0.3 is 21.1 Å². The summed E-state index contributed by atoms with van der Waals surface area (Å²) in [6, 6.07) is 4.56. The molecule has 7 heteroatoms. The predicted octanol–water partition coefficient (Wildman–Crippen LogP) is 5.18. The molecule has 0 aliphatic heterocycles. The fourth-order valence-corrected chi connectivity index (χ4v) is 5.02. The molecule has 1 aromatic heterocycles. The summed E-state index contributed by atoms with van der Waals surface area (Å²) in [5.74, 6) is -1.48. The number of aliphatic hydroxyl groups is 1. The first kappa shape index (κ1) is 28.3. The van der Waals surface area contributed by atoms with Gasteiger partial charge in [-0.05, 0) is 50.2 Å². The summed E-state index contributed by atoms with van der Waals surface area (Å²) in [5.41, 5.74) is 5.78. The normalized spacial score (nSPS) is 16.3. The third-order valence-electron chi connectivity index (χ3n) is 6.23. The molecular weight excluding hydrogens is 426 g/mol. The number of hydrogen-bond donors (Lipinski definition) is 4. The molecule has 0 amide bonds. The molecule has 1 aromatic rings. The molecule has 1 aliphatic rings. The highest BCUT2D eigenvalue weighted by Gasteiger charge is 2.21. The summed E-state index contributed by atoms with van der Waals surface area (Å²) in [4.78, 5) is 22.0. The van der Waals surface area contributed by atoms with Gasteiger partial charge in [0.05, 0.1) is 6.61 Å². The summed E-state index contributed by atoms with van der Waals surface area (Å²) in [7, 11) is 0. The quantitative estimate of drug-likeness (QED) is 0.234. The molecule has 1 saturated carbocycles. The Morgan fingerprint density at radius 1 is 1.03 bits per heavy atom. The second-order valence-electron chi connectivity index (χ2n) is 8.86. The van der Waals surface area contributed by atoms with E-state index in [0.29, 0.717) is 12.2 Å². The van der Waals surface area contributed by atoms with Gasteiger partial charge in [0, 0.05) is 27.4 Å². The Labute approximate surface area is 196 Å². The maximum absolute atomic E-state index is 9.55. The van der Waals surface area contributed by atoms with E-state index < -0.39 is 17.5 Å². The van der Waals surface area contributed by atoms with Crippen molar-refractivity contribution in [3.05, 3.63) is 34.0 Å². The number of rotatable bonds is 13. The van der Waals surface area contributed by atoms with Crippen LogP contribution in [0.1, 0.15) is 87.3 Å². The van der Waals surface area contributed by atoms with Crippen LogP contribution in [0.25, 0.3) is 0 Å². The maximum atomic E-state index is 9.55. The molecule has 1 atom stereocenters. The first-order valence-electron chi connectivity index (χ1n) is 11.9. The predicted molar refractivity (Wildman–Crippen MR) is 130 cm³/mol. The number of aliphatic hydroxyl groups excluding tert-OH is 1. The van der Waals surface area contributed by atoms with Gasteiger partial charge in [-0.2, -0.15) is 0 Å². The molecule has 0 bridgehead atoms. The minimum atomic E-state index is -1.26. The van der Waals surface area contributed by atoms with Crippen molar-refractivity contribution >= 4 is 23.3 Å². The van der Waals surface area contributed by atoms with E-state index in [1.165, 1.54) is 74.0 Å². The first-order chi connectivity index (χ1) is 15.3. The van der Waals surface area contributed by atoms with Crippen LogP contribution in [-0.4, -0.2) is 39.4 Å². The highest BCUT2D eigenvalue weighted by atomic mass is 32.1. The minimum absolute atomic E-state index is 0.0860. The Hall–Kier alpha value is -1.70. The number of aryl methyl sites for hydroxylation is 2. The van der Waals surface area contributed by atoms with Gasteiger partial charge >= 0.3 is 11.9 Å². The number of carboxylic acids is 2. The number of hydrogen-bond acceptors (Lipinski definition) is 5. The van der Waals surface area contributed by atoms with Crippen molar-refractivity contribution in [2.24, 2.45) is 11.7 Å². The van der Waals surface area contributed by atoms with Crippen LogP contribution in [0.3, 0.4) is 0 Å². The third-order valence-corrected chi connectivity index (χ3v) is 7.44. The van der Waals surface area contributed by atoms with Crippen LogP contribution in [0.2, 0.25) is 0 Å². The lowest BCUT2D eigenvalue weighted by atomic mass is 9.85. The van der Waals surface area contributed by atoms with E-state index in [1.54, 1.807) is 0 Å². The fraction of sp³-hybridized carbons (Fsp3) is 0.680. The molecule has 1 heterocycles. The first-order valence-corrected chi connectivity index (χ1v) is 12.7. The highest BCUT2D eigenvalue weighted by molar-refractivity contribution is 7.11. The van der Waals surface area contributed by atoms with Gasteiger partial charge in [-0.1, -0.05) is 58.3 Å². The Balaban J connectivity index is 0.000000547. The fourth-order valence-electron chi connectivity index (χ4n) is 3.96. The van der Waals surface area contributed by atoms with Crippen LogP contribution in [0.4, 0.5) is 0 Å². The Morgan fingerprint density at radius 3 is 2.16 bits per heavy atom. The maximum Gasteiger partial charge on any atom is 0.328 e. The molecule has 2 rings (SSSR count). The monoisotopic (exact) mass is 467 g/mol. The molecule has 6 nitrogen and oxygen atoms in total. The van der Waals surface area contributed by atoms with Gasteiger partial charge in [0.1, 0.15) is 0 Å². The van der Waals surface area contributed by atoms with E-state index >= 15 is 0 Å². The lowest BCUT2D eigenvalue weighted by Gasteiger charge is -2.25. The Morgan fingerprint density at radius 2 is 1.62 bits per heavy atom. The molecule has 0 saturated heterocycles. The van der Waals surface area contributed by atoms with Gasteiger partial charge in [0.2, 0.25) is 0 Å². The van der Waals surface area contributed by atoms with Crippen molar-refractivity contribution in [2.75, 3.05) is 6.61 Å². The van der Waals surface area contributed by atoms with E-state index in [0.717, 1.165) is 25.2 Å². The summed E-state index contributed by atoms with van der Waals surface area (Å²) >= 11 is 1.94. The summed E-state index contributed by atoms with van der Waals surface area (Å²) < 4.78 is 0. The standard InChI is InChI=1S/C21H37NOS.C4H4O4/c1-2-21(22,17-23)16-15-20-14-13-19(24-20)12-8-4-7-11-18-9-5-3-6-10-18;5-3(6)1-2-4(7)8/h13-14,18,23H,2-12,15-17,22H2,1H3;1-2H,(H,5,6)(H,7,8). The zero-order valence-corrected chi connectivity index (χ0v) is 20.2.